The third-order valence-corrected chi connectivity index (χ3v) is 4.55. The molecule has 2 rings (SSSR count). The van der Waals surface area contributed by atoms with Crippen LogP contribution in [0.1, 0.15) is 17.9 Å². The number of hydrogen-bond donors (Lipinski definition) is 0. The largest absolute Gasteiger partial charge is 0.376 e. The molecule has 0 radical (unpaired) electrons. The normalized spacial score (nSPS) is 19.5. The van der Waals surface area contributed by atoms with Gasteiger partial charge in [-0.2, -0.15) is 0 Å². The summed E-state index contributed by atoms with van der Waals surface area (Å²) in [5.41, 5.74) is 2.02. The second-order valence-electron chi connectivity index (χ2n) is 4.61. The van der Waals surface area contributed by atoms with Crippen LogP contribution in [0.3, 0.4) is 0 Å². The van der Waals surface area contributed by atoms with Gasteiger partial charge < -0.3 is 4.90 Å². The first-order chi connectivity index (χ1) is 8.91. The summed E-state index contributed by atoms with van der Waals surface area (Å²) in [7, 11) is 3.91. The molecule has 1 aliphatic carbocycles. The van der Waals surface area contributed by atoms with Gasteiger partial charge in [0, 0.05) is 30.1 Å². The average molecular weight is 337 g/mol. The first-order valence-corrected chi connectivity index (χ1v) is 7.30. The van der Waals surface area contributed by atoms with E-state index in [1.807, 2.05) is 37.2 Å². The van der Waals surface area contributed by atoms with E-state index in [4.69, 9.17) is 46.4 Å². The third-order valence-electron chi connectivity index (χ3n) is 3.08. The molecular weight excluding hydrogens is 324 g/mol. The Morgan fingerprint density at radius 1 is 1.11 bits per heavy atom. The predicted molar refractivity (Wildman–Crippen MR) is 85.8 cm³/mol. The van der Waals surface area contributed by atoms with E-state index in [0.717, 1.165) is 11.3 Å². The Morgan fingerprint density at radius 3 is 2.42 bits per heavy atom. The molecule has 0 saturated carbocycles. The summed E-state index contributed by atoms with van der Waals surface area (Å²) in [6, 6.07) is 5.80. The molecule has 0 N–H and O–H groups in total. The van der Waals surface area contributed by atoms with Gasteiger partial charge in [0.1, 0.15) is 0 Å². The number of allylic oxidation sites excluding steroid dienone is 4. The van der Waals surface area contributed by atoms with Crippen molar-refractivity contribution in [1.29, 1.82) is 0 Å². The fourth-order valence-electron chi connectivity index (χ4n) is 2.22. The summed E-state index contributed by atoms with van der Waals surface area (Å²) in [6.07, 6.45) is 2.30. The summed E-state index contributed by atoms with van der Waals surface area (Å²) in [6.45, 7) is 0. The maximum absolute atomic E-state index is 6.33. The second kappa shape index (κ2) is 5.97. The van der Waals surface area contributed by atoms with E-state index in [1.165, 1.54) is 0 Å². The monoisotopic (exact) mass is 335 g/mol. The van der Waals surface area contributed by atoms with Gasteiger partial charge in [0.2, 0.25) is 0 Å². The molecule has 0 saturated heterocycles. The molecule has 1 unspecified atom stereocenters. The van der Waals surface area contributed by atoms with Crippen LogP contribution in [0.15, 0.2) is 39.4 Å². The zero-order chi connectivity index (χ0) is 14.2. The van der Waals surface area contributed by atoms with Crippen molar-refractivity contribution in [3.63, 3.8) is 0 Å². The first-order valence-electron chi connectivity index (χ1n) is 5.78. The molecule has 1 atom stereocenters. The van der Waals surface area contributed by atoms with E-state index >= 15 is 0 Å². The van der Waals surface area contributed by atoms with Gasteiger partial charge in [0.15, 0.2) is 0 Å². The minimum absolute atomic E-state index is 0.00670. The second-order valence-corrected chi connectivity index (χ2v) is 6.32. The van der Waals surface area contributed by atoms with E-state index in [0.29, 0.717) is 26.5 Å². The lowest BCUT2D eigenvalue weighted by atomic mass is 9.90. The molecule has 0 heterocycles. The highest BCUT2D eigenvalue weighted by atomic mass is 35.5. The van der Waals surface area contributed by atoms with Crippen LogP contribution in [0.5, 0.6) is 0 Å². The standard InChI is InChI=1S/C14H13Cl4N/c1-19(2)14-8(4-3-5-10(14)15)9-6-12(17)13(18)7-11(9)16/h3-5,7,9H,6H2,1-2H3. The van der Waals surface area contributed by atoms with Crippen LogP contribution in [-0.4, -0.2) is 14.1 Å². The Bertz CT molecular complexity index is 561. The van der Waals surface area contributed by atoms with Gasteiger partial charge >= 0.3 is 0 Å². The highest BCUT2D eigenvalue weighted by Crippen LogP contribution is 2.45. The molecule has 1 nitrogen and oxygen atoms in total. The van der Waals surface area contributed by atoms with Crippen LogP contribution in [0.2, 0.25) is 5.02 Å². The number of hydrogen-bond acceptors (Lipinski definition) is 1. The van der Waals surface area contributed by atoms with E-state index in [1.54, 1.807) is 6.08 Å². The van der Waals surface area contributed by atoms with Crippen molar-refractivity contribution < 1.29 is 0 Å². The molecule has 1 aromatic rings. The van der Waals surface area contributed by atoms with Crippen molar-refractivity contribution in [2.75, 3.05) is 19.0 Å². The Kier molecular flexibility index (Phi) is 4.73. The lowest BCUT2D eigenvalue weighted by Gasteiger charge is -2.26. The topological polar surface area (TPSA) is 3.24 Å². The number of rotatable bonds is 2. The van der Waals surface area contributed by atoms with E-state index in [9.17, 15) is 0 Å². The summed E-state index contributed by atoms with van der Waals surface area (Å²) >= 11 is 24.8. The summed E-state index contributed by atoms with van der Waals surface area (Å²) in [5, 5.41) is 2.51. The molecule has 1 aromatic carbocycles. The van der Waals surface area contributed by atoms with Gasteiger partial charge in [-0.05, 0) is 24.1 Å². The number of nitrogens with zero attached hydrogens (tertiary/aromatic N) is 1. The van der Waals surface area contributed by atoms with Crippen molar-refractivity contribution in [3.8, 4) is 0 Å². The fourth-order valence-corrected chi connectivity index (χ4v) is 3.33. The van der Waals surface area contributed by atoms with Gasteiger partial charge in [-0.25, -0.2) is 0 Å². The first kappa shape index (κ1) is 15.1. The summed E-state index contributed by atoms with van der Waals surface area (Å²) in [4.78, 5) is 1.98. The number of benzene rings is 1. The molecular formula is C14H13Cl4N. The molecule has 19 heavy (non-hydrogen) atoms. The molecule has 102 valence electrons. The molecule has 5 heteroatoms. The van der Waals surface area contributed by atoms with Crippen molar-refractivity contribution in [2.45, 2.75) is 12.3 Å². The quantitative estimate of drug-likeness (QED) is 0.669. The smallest absolute Gasteiger partial charge is 0.0642 e. The molecule has 0 aliphatic heterocycles. The lowest BCUT2D eigenvalue weighted by Crippen LogP contribution is -2.15. The number of halogens is 4. The maximum Gasteiger partial charge on any atom is 0.0642 e. The van der Waals surface area contributed by atoms with Crippen molar-refractivity contribution in [2.24, 2.45) is 0 Å². The van der Waals surface area contributed by atoms with Gasteiger partial charge in [-0.1, -0.05) is 58.5 Å². The molecule has 0 spiro atoms. The van der Waals surface area contributed by atoms with Crippen molar-refractivity contribution in [1.82, 2.24) is 0 Å². The van der Waals surface area contributed by atoms with E-state index < -0.39 is 0 Å². The van der Waals surface area contributed by atoms with E-state index in [-0.39, 0.29) is 5.92 Å². The Balaban J connectivity index is 2.50. The van der Waals surface area contributed by atoms with Gasteiger partial charge in [-0.15, -0.1) is 0 Å². The minimum Gasteiger partial charge on any atom is -0.376 e. The molecule has 0 bridgehead atoms. The summed E-state index contributed by atoms with van der Waals surface area (Å²) < 4.78 is 0. The van der Waals surface area contributed by atoms with Crippen LogP contribution < -0.4 is 4.90 Å². The fraction of sp³-hybridized carbons (Fsp3) is 0.286. The minimum atomic E-state index is -0.00670. The van der Waals surface area contributed by atoms with Crippen LogP contribution in [0.4, 0.5) is 5.69 Å². The number of anilines is 1. The van der Waals surface area contributed by atoms with Crippen LogP contribution >= 0.6 is 46.4 Å². The van der Waals surface area contributed by atoms with Crippen LogP contribution in [0, 0.1) is 0 Å². The molecule has 0 fully saturated rings. The van der Waals surface area contributed by atoms with E-state index in [2.05, 4.69) is 0 Å². The molecule has 1 aliphatic rings. The Labute approximate surface area is 133 Å². The zero-order valence-corrected chi connectivity index (χ0v) is 13.6. The highest BCUT2D eigenvalue weighted by molar-refractivity contribution is 6.42. The third kappa shape index (κ3) is 3.05. The molecule has 0 amide bonds. The van der Waals surface area contributed by atoms with Gasteiger partial charge in [0.25, 0.3) is 0 Å². The van der Waals surface area contributed by atoms with Crippen LogP contribution in [-0.2, 0) is 0 Å². The zero-order valence-electron chi connectivity index (χ0n) is 10.6. The van der Waals surface area contributed by atoms with Gasteiger partial charge in [0.05, 0.1) is 15.7 Å². The average Bonchev–Trinajstić information content (AvgIpc) is 2.33. The molecule has 0 aromatic heterocycles. The highest BCUT2D eigenvalue weighted by Gasteiger charge is 2.26. The maximum atomic E-state index is 6.33. The van der Waals surface area contributed by atoms with Crippen molar-refractivity contribution >= 4 is 52.1 Å². The van der Waals surface area contributed by atoms with Crippen molar-refractivity contribution in [3.05, 3.63) is 50.0 Å². The summed E-state index contributed by atoms with van der Waals surface area (Å²) in [5.74, 6) is -0.00670. The number of para-hydroxylation sites is 1. The lowest BCUT2D eigenvalue weighted by molar-refractivity contribution is 0.819. The SMILES string of the molecule is CN(C)c1c(Cl)cccc1C1CC(Cl)=C(Cl)C=C1Cl. The Hall–Kier alpha value is -0.340. The van der Waals surface area contributed by atoms with Gasteiger partial charge in [-0.3, -0.25) is 0 Å². The Morgan fingerprint density at radius 2 is 1.79 bits per heavy atom. The van der Waals surface area contributed by atoms with Crippen LogP contribution in [0.25, 0.3) is 0 Å². The predicted octanol–water partition coefficient (Wildman–Crippen LogP) is 5.71.